The molecule has 1 aliphatic heterocycles. The topological polar surface area (TPSA) is 88.2 Å². The van der Waals surface area contributed by atoms with E-state index >= 15 is 0 Å². The number of carbonyl (C=O) groups excluding carboxylic acids is 1. The summed E-state index contributed by atoms with van der Waals surface area (Å²) in [6.07, 6.45) is 0. The molecule has 8 nitrogen and oxygen atoms in total. The lowest BCUT2D eigenvalue weighted by Crippen LogP contribution is -2.47. The van der Waals surface area contributed by atoms with Crippen molar-refractivity contribution in [1.29, 1.82) is 0 Å². The summed E-state index contributed by atoms with van der Waals surface area (Å²) in [7, 11) is 1.44. The van der Waals surface area contributed by atoms with E-state index < -0.39 is 10.0 Å². The number of nitrogens with one attached hydrogen (secondary N) is 1. The summed E-state index contributed by atoms with van der Waals surface area (Å²) in [6.45, 7) is 4.09. The number of hydrogen-bond donors (Lipinski definition) is 1. The van der Waals surface area contributed by atoms with Gasteiger partial charge in [0.15, 0.2) is 11.5 Å². The first-order chi connectivity index (χ1) is 14.8. The zero-order chi connectivity index (χ0) is 22.6. The number of hydrogen-bond acceptors (Lipinski definition) is 6. The Balaban J connectivity index is 1.76. The molecule has 1 atom stereocenters. The van der Waals surface area contributed by atoms with Crippen LogP contribution in [-0.2, 0) is 10.0 Å². The largest absolute Gasteiger partial charge is 0.493 e. The quantitative estimate of drug-likeness (QED) is 0.700. The van der Waals surface area contributed by atoms with E-state index in [-0.39, 0.29) is 16.8 Å². The van der Waals surface area contributed by atoms with E-state index in [1.54, 1.807) is 38.5 Å². The van der Waals surface area contributed by atoms with Crippen LogP contribution < -0.4 is 14.8 Å². The van der Waals surface area contributed by atoms with Crippen LogP contribution in [0.4, 0.5) is 0 Å². The van der Waals surface area contributed by atoms with E-state index in [0.717, 1.165) is 5.56 Å². The van der Waals surface area contributed by atoms with Gasteiger partial charge in [0.25, 0.3) is 5.91 Å². The molecule has 0 radical (unpaired) electrons. The Morgan fingerprint density at radius 1 is 1.00 bits per heavy atom. The average Bonchev–Trinajstić information content (AvgIpc) is 2.78. The zero-order valence-corrected chi connectivity index (χ0v) is 19.1. The third-order valence-corrected chi connectivity index (χ3v) is 7.35. The highest BCUT2D eigenvalue weighted by Gasteiger charge is 2.28. The fourth-order valence-corrected chi connectivity index (χ4v) is 4.93. The van der Waals surface area contributed by atoms with Crippen LogP contribution in [0.15, 0.2) is 47.4 Å². The molecule has 0 aromatic heterocycles. The molecule has 1 heterocycles. The van der Waals surface area contributed by atoms with Crippen molar-refractivity contribution in [3.8, 4) is 11.5 Å². The van der Waals surface area contributed by atoms with Crippen molar-refractivity contribution in [3.05, 3.63) is 53.6 Å². The standard InChI is InChI=1S/C22H29N3O5S/c1-16(17-8-9-20(29-3)21(15-17)30-4)23-22(26)18-6-5-7-19(14-18)31(27,28)25-12-10-24(2)11-13-25/h5-9,14-16H,10-13H2,1-4H3,(H,23,26)/t16-/m1/s1. The van der Waals surface area contributed by atoms with Crippen molar-refractivity contribution < 1.29 is 22.7 Å². The fourth-order valence-electron chi connectivity index (χ4n) is 3.46. The molecule has 31 heavy (non-hydrogen) atoms. The highest BCUT2D eigenvalue weighted by Crippen LogP contribution is 2.30. The molecule has 1 saturated heterocycles. The maximum Gasteiger partial charge on any atom is 0.251 e. The number of methoxy groups -OCH3 is 2. The highest BCUT2D eigenvalue weighted by molar-refractivity contribution is 7.89. The minimum atomic E-state index is -3.64. The van der Waals surface area contributed by atoms with Gasteiger partial charge in [0.05, 0.1) is 25.2 Å². The average molecular weight is 448 g/mol. The minimum absolute atomic E-state index is 0.128. The van der Waals surface area contributed by atoms with Crippen LogP contribution in [0.3, 0.4) is 0 Å². The first-order valence-corrected chi connectivity index (χ1v) is 11.5. The van der Waals surface area contributed by atoms with Crippen LogP contribution in [0.25, 0.3) is 0 Å². The Morgan fingerprint density at radius 3 is 2.32 bits per heavy atom. The molecule has 2 aromatic carbocycles. The summed E-state index contributed by atoms with van der Waals surface area (Å²) in [5.41, 5.74) is 1.13. The SMILES string of the molecule is COc1ccc([C@@H](C)NC(=O)c2cccc(S(=O)(=O)N3CCN(C)CC3)c2)cc1OC. The smallest absolute Gasteiger partial charge is 0.251 e. The summed E-state index contributed by atoms with van der Waals surface area (Å²) < 4.78 is 38.0. The number of nitrogens with zero attached hydrogens (tertiary/aromatic N) is 2. The summed E-state index contributed by atoms with van der Waals surface area (Å²) in [4.78, 5) is 15.0. The van der Waals surface area contributed by atoms with E-state index in [4.69, 9.17) is 9.47 Å². The minimum Gasteiger partial charge on any atom is -0.493 e. The van der Waals surface area contributed by atoms with Crippen LogP contribution in [0.5, 0.6) is 11.5 Å². The van der Waals surface area contributed by atoms with Gasteiger partial charge in [0.1, 0.15) is 0 Å². The van der Waals surface area contributed by atoms with Crippen LogP contribution >= 0.6 is 0 Å². The number of rotatable bonds is 7. The van der Waals surface area contributed by atoms with Gasteiger partial charge in [-0.3, -0.25) is 4.79 Å². The van der Waals surface area contributed by atoms with E-state index in [1.807, 2.05) is 20.0 Å². The number of likely N-dealkylation sites (N-methyl/N-ethyl adjacent to an activating group) is 1. The molecule has 2 aromatic rings. The number of carbonyl (C=O) groups is 1. The van der Waals surface area contributed by atoms with Crippen molar-refractivity contribution in [3.63, 3.8) is 0 Å². The summed E-state index contributed by atoms with van der Waals surface area (Å²) in [5.74, 6) is 0.825. The molecule has 0 saturated carbocycles. The van der Waals surface area contributed by atoms with Gasteiger partial charge in [0, 0.05) is 31.7 Å². The lowest BCUT2D eigenvalue weighted by molar-refractivity contribution is 0.0939. The van der Waals surface area contributed by atoms with Crippen LogP contribution in [-0.4, -0.2) is 71.0 Å². The molecule has 1 N–H and O–H groups in total. The fraction of sp³-hybridized carbons (Fsp3) is 0.409. The van der Waals surface area contributed by atoms with Gasteiger partial charge in [-0.2, -0.15) is 4.31 Å². The Labute approximate surface area is 183 Å². The number of amides is 1. The number of piperazine rings is 1. The van der Waals surface area contributed by atoms with E-state index in [1.165, 1.54) is 16.4 Å². The van der Waals surface area contributed by atoms with Gasteiger partial charge in [-0.05, 0) is 49.9 Å². The third kappa shape index (κ3) is 5.17. The first-order valence-electron chi connectivity index (χ1n) is 10.1. The second-order valence-corrected chi connectivity index (χ2v) is 9.48. The maximum absolute atomic E-state index is 13.0. The predicted octanol–water partition coefficient (Wildman–Crippen LogP) is 2.13. The molecule has 1 amide bonds. The van der Waals surface area contributed by atoms with Gasteiger partial charge in [-0.1, -0.05) is 12.1 Å². The van der Waals surface area contributed by atoms with Crippen molar-refractivity contribution in [2.75, 3.05) is 47.4 Å². The summed E-state index contributed by atoms with van der Waals surface area (Å²) in [6, 6.07) is 11.3. The lowest BCUT2D eigenvalue weighted by Gasteiger charge is -2.31. The summed E-state index contributed by atoms with van der Waals surface area (Å²) in [5, 5.41) is 2.91. The number of ether oxygens (including phenoxy) is 2. The van der Waals surface area contributed by atoms with Gasteiger partial charge >= 0.3 is 0 Å². The van der Waals surface area contributed by atoms with Crippen molar-refractivity contribution >= 4 is 15.9 Å². The predicted molar refractivity (Wildman–Crippen MR) is 118 cm³/mol. The first kappa shape index (κ1) is 23.1. The van der Waals surface area contributed by atoms with Crippen molar-refractivity contribution in [1.82, 2.24) is 14.5 Å². The third-order valence-electron chi connectivity index (χ3n) is 5.45. The van der Waals surface area contributed by atoms with Crippen LogP contribution in [0, 0.1) is 0 Å². The molecule has 168 valence electrons. The van der Waals surface area contributed by atoms with Gasteiger partial charge in [0.2, 0.25) is 10.0 Å². The molecular weight excluding hydrogens is 418 g/mol. The molecular formula is C22H29N3O5S. The molecule has 0 spiro atoms. The second kappa shape index (κ2) is 9.67. The molecule has 0 bridgehead atoms. The van der Waals surface area contributed by atoms with Crippen LogP contribution in [0.1, 0.15) is 28.9 Å². The zero-order valence-electron chi connectivity index (χ0n) is 18.3. The van der Waals surface area contributed by atoms with E-state index in [9.17, 15) is 13.2 Å². The molecule has 1 fully saturated rings. The molecule has 1 aliphatic rings. The van der Waals surface area contributed by atoms with E-state index in [0.29, 0.717) is 43.2 Å². The Kier molecular flexibility index (Phi) is 7.19. The monoisotopic (exact) mass is 447 g/mol. The van der Waals surface area contributed by atoms with Crippen molar-refractivity contribution in [2.45, 2.75) is 17.9 Å². The highest BCUT2D eigenvalue weighted by atomic mass is 32.2. The molecule has 3 rings (SSSR count). The van der Waals surface area contributed by atoms with Gasteiger partial charge < -0.3 is 19.7 Å². The Morgan fingerprint density at radius 2 is 1.68 bits per heavy atom. The van der Waals surface area contributed by atoms with Gasteiger partial charge in [-0.15, -0.1) is 0 Å². The molecule has 0 unspecified atom stereocenters. The molecule has 0 aliphatic carbocycles. The van der Waals surface area contributed by atoms with Crippen molar-refractivity contribution in [2.24, 2.45) is 0 Å². The number of sulfonamides is 1. The number of benzene rings is 2. The van der Waals surface area contributed by atoms with E-state index in [2.05, 4.69) is 10.2 Å². The normalized spacial score (nSPS) is 16.5. The van der Waals surface area contributed by atoms with Gasteiger partial charge in [-0.25, -0.2) is 8.42 Å². The maximum atomic E-state index is 13.0. The second-order valence-electron chi connectivity index (χ2n) is 7.54. The summed E-state index contributed by atoms with van der Waals surface area (Å²) >= 11 is 0. The Bertz CT molecular complexity index is 1030. The lowest BCUT2D eigenvalue weighted by atomic mass is 10.1. The Hall–Kier alpha value is -2.62. The van der Waals surface area contributed by atoms with Crippen LogP contribution in [0.2, 0.25) is 0 Å². The molecule has 9 heteroatoms.